The van der Waals surface area contributed by atoms with E-state index in [2.05, 4.69) is 16.8 Å². The maximum atomic E-state index is 8.52. The van der Waals surface area contributed by atoms with Crippen LogP contribution >= 0.6 is 0 Å². The van der Waals surface area contributed by atoms with Gasteiger partial charge < -0.3 is 30.9 Å². The second-order valence-corrected chi connectivity index (χ2v) is 5.06. The maximum absolute atomic E-state index is 8.52. The summed E-state index contributed by atoms with van der Waals surface area (Å²) in [6, 6.07) is 0. The first-order valence-corrected chi connectivity index (χ1v) is 6.96. The summed E-state index contributed by atoms with van der Waals surface area (Å²) in [5.74, 6) is 1.09. The molecule has 0 bridgehead atoms. The Kier molecular flexibility index (Phi) is 10.6. The first kappa shape index (κ1) is 20.4. The van der Waals surface area contributed by atoms with Crippen molar-refractivity contribution in [1.82, 2.24) is 4.90 Å². The zero-order valence-corrected chi connectivity index (χ0v) is 11.7. The third-order valence-electron chi connectivity index (χ3n) is 2.59. The number of hydrogen-bond acceptors (Lipinski definition) is 6. The van der Waals surface area contributed by atoms with Crippen LogP contribution in [0.4, 0.5) is 0 Å². The van der Waals surface area contributed by atoms with Gasteiger partial charge in [-0.3, -0.25) is 13.4 Å². The Morgan fingerprint density at radius 3 is 2.11 bits per heavy atom. The molecule has 0 saturated carbocycles. The molecule has 1 fully saturated rings. The summed E-state index contributed by atoms with van der Waals surface area (Å²) in [6.45, 7) is 6.43. The van der Waals surface area contributed by atoms with Crippen molar-refractivity contribution in [3.63, 3.8) is 0 Å². The highest BCUT2D eigenvalue weighted by Crippen LogP contribution is 2.15. The van der Waals surface area contributed by atoms with E-state index in [0.29, 0.717) is 0 Å². The third kappa shape index (κ3) is 17.1. The molecule has 1 aliphatic rings. The van der Waals surface area contributed by atoms with Crippen LogP contribution in [0.3, 0.4) is 0 Å². The lowest BCUT2D eigenvalue weighted by atomic mass is 9.99. The summed E-state index contributed by atoms with van der Waals surface area (Å²) in [4.78, 5) is 6.39. The van der Waals surface area contributed by atoms with Gasteiger partial charge in [0.25, 0.3) is 0 Å². The predicted octanol–water partition coefficient (Wildman–Crippen LogP) is -2.17. The van der Waals surface area contributed by atoms with Crippen LogP contribution in [0.25, 0.3) is 0 Å². The molecule has 1 aliphatic heterocycles. The molecule has 0 spiro atoms. The number of aliphatic imine (C=N–C) groups is 1. The summed E-state index contributed by atoms with van der Waals surface area (Å²) in [6.07, 6.45) is 2.61. The standard InChI is InChI=1S/C9H20N4.H2O4S.H2O/c1-8-2-5-13(6-3-8)7-4-12-9(10)11;1-5(2,3)4;/h8H,2-7H2,1H3,(H4,10,11,12);(H2,1,2,3,4);1H2/p-2. The van der Waals surface area contributed by atoms with Crippen LogP contribution in [0.5, 0.6) is 0 Å². The molecule has 0 aromatic rings. The van der Waals surface area contributed by atoms with E-state index in [1.807, 2.05) is 0 Å². The van der Waals surface area contributed by atoms with Crippen molar-refractivity contribution in [2.24, 2.45) is 22.4 Å². The van der Waals surface area contributed by atoms with Gasteiger partial charge in [0.05, 0.1) is 6.54 Å². The lowest BCUT2D eigenvalue weighted by molar-refractivity contribution is 0.197. The van der Waals surface area contributed by atoms with E-state index < -0.39 is 10.4 Å². The van der Waals surface area contributed by atoms with Gasteiger partial charge in [-0.2, -0.15) is 0 Å². The van der Waals surface area contributed by atoms with Gasteiger partial charge in [-0.15, -0.1) is 0 Å². The number of hydrogen-bond donors (Lipinski definition) is 2. The SMILES string of the molecule is CC1CCN(CCN=C(N)N)CC1.O.O=S(=O)([O-])[O-]. The molecule has 1 saturated heterocycles. The monoisotopic (exact) mass is 298 g/mol. The molecule has 0 atom stereocenters. The molecule has 10 heteroatoms. The van der Waals surface area contributed by atoms with E-state index in [9.17, 15) is 0 Å². The van der Waals surface area contributed by atoms with Gasteiger partial charge in [-0.1, -0.05) is 6.92 Å². The van der Waals surface area contributed by atoms with Gasteiger partial charge in [-0.05, 0) is 31.8 Å². The third-order valence-corrected chi connectivity index (χ3v) is 2.59. The molecule has 1 heterocycles. The average Bonchev–Trinajstić information content (AvgIpc) is 2.18. The zero-order chi connectivity index (χ0) is 14.2. The van der Waals surface area contributed by atoms with E-state index in [1.54, 1.807) is 0 Å². The van der Waals surface area contributed by atoms with Crippen molar-refractivity contribution in [1.29, 1.82) is 0 Å². The average molecular weight is 298 g/mol. The van der Waals surface area contributed by atoms with Gasteiger partial charge in [0.15, 0.2) is 5.96 Å². The highest BCUT2D eigenvalue weighted by Gasteiger charge is 2.14. The highest BCUT2D eigenvalue weighted by molar-refractivity contribution is 7.79. The van der Waals surface area contributed by atoms with Crippen molar-refractivity contribution in [2.45, 2.75) is 19.8 Å². The predicted molar refractivity (Wildman–Crippen MR) is 69.6 cm³/mol. The number of nitrogens with two attached hydrogens (primary N) is 2. The molecule has 0 aromatic heterocycles. The van der Waals surface area contributed by atoms with Gasteiger partial charge >= 0.3 is 0 Å². The van der Waals surface area contributed by atoms with E-state index in [-0.39, 0.29) is 11.4 Å². The second-order valence-electron chi connectivity index (χ2n) is 4.24. The smallest absolute Gasteiger partial charge is 0.185 e. The normalized spacial score (nSPS) is 16.8. The molecular weight excluding hydrogens is 276 g/mol. The van der Waals surface area contributed by atoms with E-state index in [1.165, 1.54) is 25.9 Å². The summed E-state index contributed by atoms with van der Waals surface area (Å²) < 4.78 is 34.1. The minimum absolute atomic E-state index is 0. The molecule has 0 amide bonds. The Hall–Kier alpha value is -0.940. The van der Waals surface area contributed by atoms with Gasteiger partial charge in [0.2, 0.25) is 0 Å². The molecule has 19 heavy (non-hydrogen) atoms. The van der Waals surface area contributed by atoms with E-state index in [0.717, 1.165) is 19.0 Å². The van der Waals surface area contributed by atoms with Crippen LogP contribution < -0.4 is 11.5 Å². The first-order chi connectivity index (χ1) is 8.18. The first-order valence-electron chi connectivity index (χ1n) is 5.63. The fourth-order valence-electron chi connectivity index (χ4n) is 1.61. The topological polar surface area (TPSA) is 179 Å². The van der Waals surface area contributed by atoms with Gasteiger partial charge in [0, 0.05) is 16.9 Å². The van der Waals surface area contributed by atoms with Crippen LogP contribution in [0.1, 0.15) is 19.8 Å². The van der Waals surface area contributed by atoms with E-state index >= 15 is 0 Å². The number of likely N-dealkylation sites (tertiary alicyclic amines) is 1. The highest BCUT2D eigenvalue weighted by atomic mass is 32.3. The van der Waals surface area contributed by atoms with E-state index in [4.69, 9.17) is 29.0 Å². The Bertz CT molecular complexity index is 340. The van der Waals surface area contributed by atoms with Crippen LogP contribution in [0.2, 0.25) is 0 Å². The van der Waals surface area contributed by atoms with Crippen LogP contribution in [-0.2, 0) is 10.4 Å². The minimum atomic E-state index is -5.17. The molecular formula is C9H22N4O5S-2. The Morgan fingerprint density at radius 1 is 1.32 bits per heavy atom. The van der Waals surface area contributed by atoms with Crippen molar-refractivity contribution in [3.8, 4) is 0 Å². The molecule has 0 aliphatic carbocycles. The fourth-order valence-corrected chi connectivity index (χ4v) is 1.61. The minimum Gasteiger partial charge on any atom is -0.759 e. The summed E-state index contributed by atoms with van der Waals surface area (Å²) in [5, 5.41) is 0. The molecule has 0 radical (unpaired) electrons. The van der Waals surface area contributed by atoms with Crippen LogP contribution in [-0.4, -0.2) is 60.0 Å². The maximum Gasteiger partial charge on any atom is 0.185 e. The summed E-state index contributed by atoms with van der Waals surface area (Å²) in [7, 11) is -5.17. The zero-order valence-electron chi connectivity index (χ0n) is 10.9. The second kappa shape index (κ2) is 9.92. The van der Waals surface area contributed by atoms with Crippen LogP contribution in [0.15, 0.2) is 4.99 Å². The number of nitrogens with zero attached hydrogens (tertiary/aromatic N) is 2. The Morgan fingerprint density at radius 2 is 1.74 bits per heavy atom. The molecule has 9 nitrogen and oxygen atoms in total. The number of guanidine groups is 1. The van der Waals surface area contributed by atoms with Crippen molar-refractivity contribution in [3.05, 3.63) is 0 Å². The quantitative estimate of drug-likeness (QED) is 0.257. The van der Waals surface area contributed by atoms with Gasteiger partial charge in [-0.25, -0.2) is 0 Å². The van der Waals surface area contributed by atoms with Crippen LogP contribution in [0, 0.1) is 5.92 Å². The molecule has 116 valence electrons. The number of piperidine rings is 1. The molecule has 0 aromatic carbocycles. The molecule has 6 N–H and O–H groups in total. The van der Waals surface area contributed by atoms with Gasteiger partial charge in [0.1, 0.15) is 0 Å². The Labute approximate surface area is 113 Å². The summed E-state index contributed by atoms with van der Waals surface area (Å²) in [5.41, 5.74) is 10.5. The Balaban J connectivity index is 0. The number of rotatable bonds is 3. The molecule has 1 rings (SSSR count). The van der Waals surface area contributed by atoms with Crippen molar-refractivity contribution in [2.75, 3.05) is 26.2 Å². The fraction of sp³-hybridized carbons (Fsp3) is 0.889. The van der Waals surface area contributed by atoms with Crippen molar-refractivity contribution < 1.29 is 23.0 Å². The lowest BCUT2D eigenvalue weighted by Crippen LogP contribution is -2.35. The lowest BCUT2D eigenvalue weighted by Gasteiger charge is -2.29. The van der Waals surface area contributed by atoms with Crippen molar-refractivity contribution >= 4 is 16.4 Å². The largest absolute Gasteiger partial charge is 0.759 e. The molecule has 0 unspecified atom stereocenters. The summed E-state index contributed by atoms with van der Waals surface area (Å²) >= 11 is 0.